The number of hydrogen-bond donors (Lipinski definition) is 2. The normalized spacial score (nSPS) is 11.1. The minimum Gasteiger partial charge on any atom is -0.507 e. The van der Waals surface area contributed by atoms with Crippen molar-refractivity contribution in [3.05, 3.63) is 96.1 Å². The van der Waals surface area contributed by atoms with Crippen molar-refractivity contribution in [2.24, 2.45) is 0 Å². The first-order valence-corrected chi connectivity index (χ1v) is 8.58. The van der Waals surface area contributed by atoms with E-state index < -0.39 is 17.5 Å². The predicted molar refractivity (Wildman–Crippen MR) is 106 cm³/mol. The number of carbonyl (C=O) groups excluding carboxylic acids is 1. The van der Waals surface area contributed by atoms with Gasteiger partial charge in [-0.3, -0.25) is 4.79 Å². The lowest BCUT2D eigenvalue weighted by atomic mass is 10.0. The van der Waals surface area contributed by atoms with Crippen LogP contribution in [0.3, 0.4) is 0 Å². The number of rotatable bonds is 7. The molecule has 0 bridgehead atoms. The Morgan fingerprint density at radius 3 is 2.18 bits per heavy atom. The monoisotopic (exact) mass is 374 g/mol. The molecule has 3 rings (SSSR count). The van der Waals surface area contributed by atoms with Crippen molar-refractivity contribution >= 4 is 17.5 Å². The van der Waals surface area contributed by atoms with Gasteiger partial charge in [-0.2, -0.15) is 0 Å². The molecule has 0 saturated heterocycles. The second-order valence-corrected chi connectivity index (χ2v) is 6.08. The highest BCUT2D eigenvalue weighted by molar-refractivity contribution is 6.38. The molecule has 3 aromatic rings. The molecule has 3 aromatic carbocycles. The first kappa shape index (κ1) is 18.9. The molecule has 0 unspecified atom stereocenters. The lowest BCUT2D eigenvalue weighted by Gasteiger charge is -2.09. The Labute approximate surface area is 162 Å². The number of ether oxygens (including phenoxy) is 1. The fourth-order valence-electron chi connectivity index (χ4n) is 2.61. The molecule has 2 N–H and O–H groups in total. The number of benzene rings is 3. The number of hydrogen-bond acceptors (Lipinski definition) is 4. The fraction of sp³-hybridized carbons (Fsp3) is 0.0435. The third-order valence-electron chi connectivity index (χ3n) is 4.07. The first-order chi connectivity index (χ1) is 13.5. The Balaban J connectivity index is 1.66. The summed E-state index contributed by atoms with van der Waals surface area (Å²) in [6, 6.07) is 24.5. The molecule has 0 aliphatic rings. The van der Waals surface area contributed by atoms with Gasteiger partial charge in [-0.05, 0) is 28.8 Å². The van der Waals surface area contributed by atoms with Crippen molar-refractivity contribution in [1.29, 1.82) is 0 Å². The van der Waals surface area contributed by atoms with E-state index in [-0.39, 0.29) is 0 Å². The maximum Gasteiger partial charge on any atom is 0.376 e. The summed E-state index contributed by atoms with van der Waals surface area (Å²) in [6.45, 7) is 0.330. The smallest absolute Gasteiger partial charge is 0.376 e. The van der Waals surface area contributed by atoms with Crippen LogP contribution >= 0.6 is 0 Å². The summed E-state index contributed by atoms with van der Waals surface area (Å²) in [6.07, 6.45) is 0.670. The van der Waals surface area contributed by atoms with Crippen LogP contribution in [0.5, 0.6) is 5.75 Å². The van der Waals surface area contributed by atoms with Crippen molar-refractivity contribution in [2.75, 3.05) is 0 Å². The lowest BCUT2D eigenvalue weighted by molar-refractivity contribution is -0.146. The average molecular weight is 374 g/mol. The molecule has 0 heterocycles. The van der Waals surface area contributed by atoms with Gasteiger partial charge in [-0.1, -0.05) is 66.7 Å². The summed E-state index contributed by atoms with van der Waals surface area (Å²) in [5.74, 6) is -2.75. The second kappa shape index (κ2) is 8.68. The van der Waals surface area contributed by atoms with E-state index >= 15 is 0 Å². The zero-order chi connectivity index (χ0) is 19.9. The maximum absolute atomic E-state index is 11.2. The zero-order valence-electron chi connectivity index (χ0n) is 14.9. The van der Waals surface area contributed by atoms with Crippen LogP contribution in [-0.2, 0) is 16.2 Å². The van der Waals surface area contributed by atoms with Crippen molar-refractivity contribution in [3.8, 4) is 16.9 Å². The van der Waals surface area contributed by atoms with Gasteiger partial charge in [0.15, 0.2) is 0 Å². The van der Waals surface area contributed by atoms with Gasteiger partial charge in [0.1, 0.15) is 18.1 Å². The van der Waals surface area contributed by atoms with Crippen molar-refractivity contribution in [2.45, 2.75) is 6.61 Å². The summed E-state index contributed by atoms with van der Waals surface area (Å²) in [4.78, 5) is 21.8. The maximum atomic E-state index is 11.2. The molecule has 0 fully saturated rings. The molecule has 0 aromatic heterocycles. The highest BCUT2D eigenvalue weighted by Gasteiger charge is 2.11. The van der Waals surface area contributed by atoms with Crippen LogP contribution in [0, 0.1) is 0 Å². The van der Waals surface area contributed by atoms with Crippen LogP contribution in [0.15, 0.2) is 84.9 Å². The lowest BCUT2D eigenvalue weighted by Crippen LogP contribution is -2.09. The SMILES string of the molecule is O=C(O)C(=O)/C=C(\O)c1cccc(OCc2ccc(-c3ccccc3)cc2)c1. The Morgan fingerprint density at radius 1 is 0.821 bits per heavy atom. The molecule has 28 heavy (non-hydrogen) atoms. The summed E-state index contributed by atoms with van der Waals surface area (Å²) >= 11 is 0. The topological polar surface area (TPSA) is 83.8 Å². The summed E-state index contributed by atoms with van der Waals surface area (Å²) in [7, 11) is 0. The van der Waals surface area contributed by atoms with Crippen LogP contribution in [-0.4, -0.2) is 22.0 Å². The molecule has 0 amide bonds. The predicted octanol–water partition coefficient (Wildman–Crippen LogP) is 4.49. The van der Waals surface area contributed by atoms with Crippen molar-refractivity contribution in [1.82, 2.24) is 0 Å². The summed E-state index contributed by atoms with van der Waals surface area (Å²) in [5, 5.41) is 18.5. The quantitative estimate of drug-likeness (QED) is 0.362. The molecular weight excluding hydrogens is 356 g/mol. The Bertz CT molecular complexity index is 1000. The van der Waals surface area contributed by atoms with E-state index in [0.29, 0.717) is 24.0 Å². The molecular formula is C23H18O5. The van der Waals surface area contributed by atoms with E-state index in [1.54, 1.807) is 24.3 Å². The van der Waals surface area contributed by atoms with Crippen LogP contribution in [0.4, 0.5) is 0 Å². The van der Waals surface area contributed by atoms with E-state index in [9.17, 15) is 14.7 Å². The third kappa shape index (κ3) is 4.86. The number of carbonyl (C=O) groups is 2. The molecule has 5 nitrogen and oxygen atoms in total. The van der Waals surface area contributed by atoms with Crippen molar-refractivity contribution < 1.29 is 24.5 Å². The summed E-state index contributed by atoms with van der Waals surface area (Å²) in [5.41, 5.74) is 3.53. The minimum atomic E-state index is -1.63. The van der Waals surface area contributed by atoms with Gasteiger partial charge < -0.3 is 14.9 Å². The van der Waals surface area contributed by atoms with Crippen molar-refractivity contribution in [3.63, 3.8) is 0 Å². The zero-order valence-corrected chi connectivity index (χ0v) is 14.9. The fourth-order valence-corrected chi connectivity index (χ4v) is 2.61. The van der Waals surface area contributed by atoms with Gasteiger partial charge in [0.25, 0.3) is 5.78 Å². The molecule has 0 atom stereocenters. The standard InChI is InChI=1S/C23H18O5/c24-21(14-22(25)23(26)27)19-7-4-8-20(13-19)28-15-16-9-11-18(12-10-16)17-5-2-1-3-6-17/h1-14,24H,15H2,(H,26,27)/b21-14-. The molecule has 0 spiro atoms. The number of aliphatic hydroxyl groups excluding tert-OH is 1. The minimum absolute atomic E-state index is 0.298. The molecule has 5 heteroatoms. The molecule has 0 saturated carbocycles. The molecule has 0 aliphatic heterocycles. The number of aliphatic carboxylic acids is 1. The largest absolute Gasteiger partial charge is 0.507 e. The second-order valence-electron chi connectivity index (χ2n) is 6.08. The van der Waals surface area contributed by atoms with Gasteiger partial charge >= 0.3 is 5.97 Å². The van der Waals surface area contributed by atoms with E-state index in [4.69, 9.17) is 9.84 Å². The van der Waals surface area contributed by atoms with Crippen LogP contribution in [0.25, 0.3) is 16.9 Å². The van der Waals surface area contributed by atoms with Gasteiger partial charge in [0.05, 0.1) is 0 Å². The molecule has 0 radical (unpaired) electrons. The van der Waals surface area contributed by atoms with Crippen LogP contribution in [0.1, 0.15) is 11.1 Å². The highest BCUT2D eigenvalue weighted by Crippen LogP contribution is 2.22. The van der Waals surface area contributed by atoms with E-state index in [1.807, 2.05) is 54.6 Å². The Hall–Kier alpha value is -3.86. The number of ketones is 1. The van der Waals surface area contributed by atoms with Gasteiger partial charge in [-0.15, -0.1) is 0 Å². The number of carboxylic acid groups (broad SMARTS) is 1. The number of aliphatic hydroxyl groups is 1. The van der Waals surface area contributed by atoms with E-state index in [1.165, 1.54) is 0 Å². The Morgan fingerprint density at radius 2 is 1.50 bits per heavy atom. The molecule has 140 valence electrons. The van der Waals surface area contributed by atoms with Crippen LogP contribution in [0.2, 0.25) is 0 Å². The Kier molecular flexibility index (Phi) is 5.87. The van der Waals surface area contributed by atoms with Gasteiger partial charge in [-0.25, -0.2) is 4.79 Å². The third-order valence-corrected chi connectivity index (χ3v) is 4.07. The van der Waals surface area contributed by atoms with Crippen LogP contribution < -0.4 is 4.74 Å². The summed E-state index contributed by atoms with van der Waals surface area (Å²) < 4.78 is 5.74. The highest BCUT2D eigenvalue weighted by atomic mass is 16.5. The average Bonchev–Trinajstić information content (AvgIpc) is 2.73. The first-order valence-electron chi connectivity index (χ1n) is 8.58. The van der Waals surface area contributed by atoms with E-state index in [0.717, 1.165) is 16.7 Å². The number of carboxylic acids is 1. The molecule has 0 aliphatic carbocycles. The van der Waals surface area contributed by atoms with Gasteiger partial charge in [0.2, 0.25) is 0 Å². The van der Waals surface area contributed by atoms with E-state index in [2.05, 4.69) is 0 Å². The van der Waals surface area contributed by atoms with Gasteiger partial charge in [0, 0.05) is 11.6 Å².